The molecule has 0 aliphatic rings. The highest BCUT2D eigenvalue weighted by atomic mass is 32.2. The lowest BCUT2D eigenvalue weighted by atomic mass is 10.1. The summed E-state index contributed by atoms with van der Waals surface area (Å²) in [4.78, 5) is 0. The van der Waals surface area contributed by atoms with Gasteiger partial charge in [0.2, 0.25) is 0 Å². The highest BCUT2D eigenvalue weighted by Gasteiger charge is 2.25. The molecular weight excluding hydrogens is 346 g/mol. The standard InChI is InChI=1S/C19H34N.C2H6O3S/c1-4-7-15-20(16-8-5-2,17-9-6-3)18-19-13-11-10-12-14-19;1-2-6(3,4)5/h10-14H,4-9,15-18H2,1-3H3;2H2,1H3,(H,3,4,5)/q+1;/p-1. The lowest BCUT2D eigenvalue weighted by Gasteiger charge is -2.39. The van der Waals surface area contributed by atoms with Crippen LogP contribution in [0, 0.1) is 0 Å². The lowest BCUT2D eigenvalue weighted by molar-refractivity contribution is -0.941. The average Bonchev–Trinajstić information content (AvgIpc) is 2.63. The van der Waals surface area contributed by atoms with Crippen LogP contribution < -0.4 is 0 Å². The monoisotopic (exact) mass is 385 g/mol. The van der Waals surface area contributed by atoms with Gasteiger partial charge in [-0.1, -0.05) is 77.3 Å². The molecular formula is C21H39NO3S. The van der Waals surface area contributed by atoms with Crippen LogP contribution >= 0.6 is 0 Å². The Morgan fingerprint density at radius 3 is 1.50 bits per heavy atom. The van der Waals surface area contributed by atoms with E-state index in [0.717, 1.165) is 0 Å². The van der Waals surface area contributed by atoms with Crippen molar-refractivity contribution in [2.24, 2.45) is 0 Å². The first-order valence-corrected chi connectivity index (χ1v) is 11.7. The number of quaternary nitrogens is 1. The summed E-state index contributed by atoms with van der Waals surface area (Å²) in [5, 5.41) is 0. The summed E-state index contributed by atoms with van der Waals surface area (Å²) < 4.78 is 29.6. The van der Waals surface area contributed by atoms with Crippen LogP contribution in [0.5, 0.6) is 0 Å². The van der Waals surface area contributed by atoms with Crippen LogP contribution in [0.1, 0.15) is 71.8 Å². The zero-order valence-electron chi connectivity index (χ0n) is 17.2. The third-order valence-corrected chi connectivity index (χ3v) is 5.38. The first-order chi connectivity index (χ1) is 12.3. The molecule has 0 saturated carbocycles. The molecule has 0 bridgehead atoms. The Bertz CT molecular complexity index is 522. The number of benzene rings is 1. The molecule has 1 aromatic carbocycles. The van der Waals surface area contributed by atoms with Gasteiger partial charge in [0.15, 0.2) is 0 Å². The third-order valence-electron chi connectivity index (χ3n) is 4.67. The maximum atomic E-state index is 9.44. The Morgan fingerprint density at radius 2 is 1.19 bits per heavy atom. The number of rotatable bonds is 12. The molecule has 0 atom stereocenters. The predicted octanol–water partition coefficient (Wildman–Crippen LogP) is 4.96. The van der Waals surface area contributed by atoms with E-state index >= 15 is 0 Å². The van der Waals surface area contributed by atoms with E-state index in [9.17, 15) is 13.0 Å². The summed E-state index contributed by atoms with van der Waals surface area (Å²) in [6.07, 6.45) is 8.02. The lowest BCUT2D eigenvalue weighted by Crippen LogP contribution is -2.49. The number of unbranched alkanes of at least 4 members (excludes halogenated alkanes) is 3. The van der Waals surface area contributed by atoms with Crippen LogP contribution in [0.2, 0.25) is 0 Å². The molecule has 0 unspecified atom stereocenters. The molecule has 5 heteroatoms. The summed E-state index contributed by atoms with van der Waals surface area (Å²) in [6, 6.07) is 11.1. The second kappa shape index (κ2) is 14.2. The van der Waals surface area contributed by atoms with Crippen LogP contribution in [0.15, 0.2) is 30.3 Å². The van der Waals surface area contributed by atoms with E-state index in [-0.39, 0.29) is 5.75 Å². The molecule has 0 spiro atoms. The van der Waals surface area contributed by atoms with E-state index in [1.165, 1.54) is 81.7 Å². The molecule has 0 fully saturated rings. The van der Waals surface area contributed by atoms with Gasteiger partial charge >= 0.3 is 0 Å². The maximum Gasteiger partial charge on any atom is 0.104 e. The molecule has 1 aromatic rings. The molecule has 152 valence electrons. The van der Waals surface area contributed by atoms with Crippen molar-refractivity contribution < 1.29 is 17.5 Å². The fourth-order valence-corrected chi connectivity index (χ4v) is 3.02. The summed E-state index contributed by atoms with van der Waals surface area (Å²) >= 11 is 0. The van der Waals surface area contributed by atoms with Gasteiger partial charge in [0.05, 0.1) is 29.8 Å². The van der Waals surface area contributed by atoms with E-state index in [0.29, 0.717) is 0 Å². The molecule has 0 saturated heterocycles. The highest BCUT2D eigenvalue weighted by molar-refractivity contribution is 7.85. The zero-order chi connectivity index (χ0) is 19.9. The topological polar surface area (TPSA) is 57.2 Å². The van der Waals surface area contributed by atoms with Crippen molar-refractivity contribution in [3.8, 4) is 0 Å². The second-order valence-corrected chi connectivity index (χ2v) is 8.76. The molecule has 26 heavy (non-hydrogen) atoms. The van der Waals surface area contributed by atoms with Gasteiger partial charge in [-0.05, 0) is 19.3 Å². The van der Waals surface area contributed by atoms with Gasteiger partial charge in [-0.3, -0.25) is 0 Å². The summed E-state index contributed by atoms with van der Waals surface area (Å²) in [6.45, 7) is 13.5. The Balaban J connectivity index is 0.000000896. The molecule has 0 amide bonds. The largest absolute Gasteiger partial charge is 0.748 e. The van der Waals surface area contributed by atoms with Crippen molar-refractivity contribution in [1.82, 2.24) is 0 Å². The van der Waals surface area contributed by atoms with Gasteiger partial charge in [0.1, 0.15) is 6.54 Å². The molecule has 0 heterocycles. The van der Waals surface area contributed by atoms with Crippen LogP contribution in [-0.4, -0.2) is 42.8 Å². The van der Waals surface area contributed by atoms with Crippen molar-refractivity contribution in [3.05, 3.63) is 35.9 Å². The predicted molar refractivity (Wildman–Crippen MR) is 110 cm³/mol. The molecule has 0 N–H and O–H groups in total. The minimum absolute atomic E-state index is 0.312. The minimum Gasteiger partial charge on any atom is -0.748 e. The molecule has 0 aliphatic carbocycles. The van der Waals surface area contributed by atoms with Crippen molar-refractivity contribution in [2.75, 3.05) is 25.4 Å². The molecule has 0 radical (unpaired) electrons. The van der Waals surface area contributed by atoms with Gasteiger partial charge in [-0.2, -0.15) is 0 Å². The van der Waals surface area contributed by atoms with Crippen LogP contribution in [0.4, 0.5) is 0 Å². The second-order valence-electron chi connectivity index (χ2n) is 7.06. The number of nitrogens with zero attached hydrogens (tertiary/aromatic N) is 1. The van der Waals surface area contributed by atoms with E-state index in [2.05, 4.69) is 51.1 Å². The maximum absolute atomic E-state index is 9.44. The Hall–Kier alpha value is -0.910. The first-order valence-electron chi connectivity index (χ1n) is 10.1. The zero-order valence-corrected chi connectivity index (χ0v) is 18.1. The fraction of sp³-hybridized carbons (Fsp3) is 0.714. The summed E-state index contributed by atoms with van der Waals surface area (Å²) in [7, 11) is -3.91. The molecule has 1 rings (SSSR count). The number of hydrogen-bond acceptors (Lipinski definition) is 3. The van der Waals surface area contributed by atoms with Gasteiger partial charge in [0.25, 0.3) is 0 Å². The Labute approximate surface area is 162 Å². The van der Waals surface area contributed by atoms with Crippen molar-refractivity contribution in [3.63, 3.8) is 0 Å². The van der Waals surface area contributed by atoms with Crippen LogP contribution in [0.3, 0.4) is 0 Å². The average molecular weight is 386 g/mol. The normalized spacial score (nSPS) is 11.7. The van der Waals surface area contributed by atoms with Crippen molar-refractivity contribution in [1.29, 1.82) is 0 Å². The smallest absolute Gasteiger partial charge is 0.104 e. The van der Waals surface area contributed by atoms with Gasteiger partial charge in [0, 0.05) is 11.3 Å². The Kier molecular flexibility index (Phi) is 13.7. The van der Waals surface area contributed by atoms with Crippen LogP contribution in [-0.2, 0) is 16.7 Å². The first kappa shape index (κ1) is 25.1. The summed E-state index contributed by atoms with van der Waals surface area (Å²) in [5.41, 5.74) is 1.51. The van der Waals surface area contributed by atoms with E-state index < -0.39 is 10.1 Å². The third kappa shape index (κ3) is 12.4. The highest BCUT2D eigenvalue weighted by Crippen LogP contribution is 2.19. The van der Waals surface area contributed by atoms with E-state index in [4.69, 9.17) is 0 Å². The van der Waals surface area contributed by atoms with Crippen molar-refractivity contribution in [2.45, 2.75) is 72.8 Å². The minimum atomic E-state index is -3.91. The van der Waals surface area contributed by atoms with E-state index in [1.807, 2.05) is 0 Å². The van der Waals surface area contributed by atoms with Gasteiger partial charge in [-0.15, -0.1) is 0 Å². The Morgan fingerprint density at radius 1 is 0.808 bits per heavy atom. The SMILES string of the molecule is CCCC[N+](CCCC)(CCCC)Cc1ccccc1.CCS(=O)(=O)[O-]. The van der Waals surface area contributed by atoms with Gasteiger partial charge in [-0.25, -0.2) is 8.42 Å². The molecule has 4 nitrogen and oxygen atoms in total. The van der Waals surface area contributed by atoms with Crippen molar-refractivity contribution >= 4 is 10.1 Å². The van der Waals surface area contributed by atoms with Crippen LogP contribution in [0.25, 0.3) is 0 Å². The van der Waals surface area contributed by atoms with Gasteiger partial charge < -0.3 is 9.04 Å². The quantitative estimate of drug-likeness (QED) is 0.377. The summed E-state index contributed by atoms with van der Waals surface area (Å²) in [5.74, 6) is -0.312. The van der Waals surface area contributed by atoms with E-state index in [1.54, 1.807) is 0 Å². The number of hydrogen-bond donors (Lipinski definition) is 0. The fourth-order valence-electron chi connectivity index (χ4n) is 3.02. The molecule has 0 aliphatic heterocycles. The molecule has 0 aromatic heterocycles.